The molecule has 0 aromatic heterocycles. The van der Waals surface area contributed by atoms with Crippen LogP contribution in [0.5, 0.6) is 0 Å². The third-order valence-corrected chi connectivity index (χ3v) is 4.18. The van der Waals surface area contributed by atoms with E-state index in [-0.39, 0.29) is 30.3 Å². The summed E-state index contributed by atoms with van der Waals surface area (Å²) in [6.45, 7) is 0.732. The maximum atomic E-state index is 12.9. The summed E-state index contributed by atoms with van der Waals surface area (Å²) in [4.78, 5) is 24.2. The van der Waals surface area contributed by atoms with E-state index in [1.165, 1.54) is 24.3 Å². The Hall–Kier alpha value is -2.48. The molecule has 6 nitrogen and oxygen atoms in total. The molecule has 2 aromatic rings. The number of carbonyl (C=O) groups is 2. The zero-order chi connectivity index (χ0) is 18.5. The Labute approximate surface area is 162 Å². The monoisotopic (exact) mass is 393 g/mol. The number of amides is 2. The van der Waals surface area contributed by atoms with Crippen molar-refractivity contribution in [3.05, 3.63) is 65.5 Å². The molecule has 8 heteroatoms. The maximum Gasteiger partial charge on any atom is 0.255 e. The van der Waals surface area contributed by atoms with Crippen molar-refractivity contribution < 1.29 is 19.1 Å². The lowest BCUT2D eigenvalue weighted by Crippen LogP contribution is -2.40. The Kier molecular flexibility index (Phi) is 7.29. The average Bonchev–Trinajstić information content (AvgIpc) is 3.07. The van der Waals surface area contributed by atoms with Gasteiger partial charge in [-0.05, 0) is 48.4 Å². The first-order valence-corrected chi connectivity index (χ1v) is 8.36. The number of carbonyl (C=O) groups excluding carboxylic acids is 2. The Morgan fingerprint density at radius 2 is 1.93 bits per heavy atom. The van der Waals surface area contributed by atoms with E-state index in [0.29, 0.717) is 30.8 Å². The summed E-state index contributed by atoms with van der Waals surface area (Å²) in [5, 5.41) is 18.0. The van der Waals surface area contributed by atoms with E-state index in [9.17, 15) is 19.1 Å². The molecule has 0 spiro atoms. The van der Waals surface area contributed by atoms with Gasteiger partial charge in [0.15, 0.2) is 0 Å². The van der Waals surface area contributed by atoms with Gasteiger partial charge in [0.05, 0.1) is 12.1 Å². The lowest BCUT2D eigenvalue weighted by atomic mass is 10.1. The van der Waals surface area contributed by atoms with E-state index in [0.717, 1.165) is 5.56 Å². The minimum absolute atomic E-state index is 0. The normalized spacial score (nSPS) is 18.4. The highest BCUT2D eigenvalue weighted by molar-refractivity contribution is 6.04. The number of hydrogen-bond donors (Lipinski definition) is 4. The Morgan fingerprint density at radius 1 is 1.19 bits per heavy atom. The van der Waals surface area contributed by atoms with Gasteiger partial charge in [0.2, 0.25) is 5.91 Å². The van der Waals surface area contributed by atoms with Crippen LogP contribution in [0.4, 0.5) is 10.1 Å². The lowest BCUT2D eigenvalue weighted by molar-refractivity contribution is -0.123. The van der Waals surface area contributed by atoms with Crippen LogP contribution in [0.3, 0.4) is 0 Å². The fourth-order valence-electron chi connectivity index (χ4n) is 2.79. The van der Waals surface area contributed by atoms with E-state index in [2.05, 4.69) is 16.0 Å². The second-order valence-corrected chi connectivity index (χ2v) is 6.23. The number of β-amino-alcohol motifs (C(OH)–C–C–N with tert-alkyl or cyclic N) is 1. The van der Waals surface area contributed by atoms with Crippen molar-refractivity contribution in [1.29, 1.82) is 0 Å². The molecule has 1 aliphatic rings. The number of anilines is 1. The average molecular weight is 394 g/mol. The van der Waals surface area contributed by atoms with Crippen LogP contribution >= 0.6 is 12.4 Å². The molecule has 2 aromatic carbocycles. The van der Waals surface area contributed by atoms with Crippen LogP contribution in [0.15, 0.2) is 48.5 Å². The molecule has 27 heavy (non-hydrogen) atoms. The smallest absolute Gasteiger partial charge is 0.255 e. The number of aliphatic hydroxyl groups excluding tert-OH is 1. The quantitative estimate of drug-likeness (QED) is 0.624. The highest BCUT2D eigenvalue weighted by Gasteiger charge is 2.27. The molecule has 4 N–H and O–H groups in total. The van der Waals surface area contributed by atoms with E-state index >= 15 is 0 Å². The molecule has 0 saturated carbocycles. The number of nitrogens with one attached hydrogen (secondary N) is 3. The molecule has 1 aliphatic heterocycles. The van der Waals surface area contributed by atoms with Crippen molar-refractivity contribution in [2.24, 2.45) is 0 Å². The highest BCUT2D eigenvalue weighted by Crippen LogP contribution is 2.13. The number of benzene rings is 2. The molecular weight excluding hydrogens is 373 g/mol. The number of aliphatic hydroxyl groups is 1. The summed E-state index contributed by atoms with van der Waals surface area (Å²) in [5.74, 6) is -0.902. The highest BCUT2D eigenvalue weighted by atomic mass is 35.5. The van der Waals surface area contributed by atoms with E-state index in [1.807, 2.05) is 6.07 Å². The molecule has 0 bridgehead atoms. The lowest BCUT2D eigenvalue weighted by Gasteiger charge is -2.12. The standard InChI is InChI=1S/C19H20FN3O3.ClH/c20-14-6-4-13(5-7-14)18(25)23-15-3-1-2-12(8-15)10-22-19(26)17-9-16(24)11-21-17;/h1-8,16-17,21,24H,9-11H2,(H,22,26)(H,23,25);1H. The zero-order valence-electron chi connectivity index (χ0n) is 14.4. The molecule has 1 saturated heterocycles. The number of rotatable bonds is 5. The third kappa shape index (κ3) is 5.75. The molecule has 2 unspecified atom stereocenters. The fourth-order valence-corrected chi connectivity index (χ4v) is 2.79. The van der Waals surface area contributed by atoms with Crippen LogP contribution in [-0.4, -0.2) is 35.6 Å². The molecular formula is C19H21ClFN3O3. The topological polar surface area (TPSA) is 90.5 Å². The van der Waals surface area contributed by atoms with Gasteiger partial charge in [0, 0.05) is 24.3 Å². The maximum absolute atomic E-state index is 12.9. The molecule has 144 valence electrons. The summed E-state index contributed by atoms with van der Waals surface area (Å²) >= 11 is 0. The minimum atomic E-state index is -0.490. The summed E-state index contributed by atoms with van der Waals surface area (Å²) in [5.41, 5.74) is 1.77. The first kappa shape index (κ1) is 20.8. The van der Waals surface area contributed by atoms with E-state index in [1.54, 1.807) is 18.2 Å². The van der Waals surface area contributed by atoms with Crippen LogP contribution in [0, 0.1) is 5.82 Å². The molecule has 1 heterocycles. The van der Waals surface area contributed by atoms with Gasteiger partial charge >= 0.3 is 0 Å². The molecule has 0 radical (unpaired) electrons. The number of hydrogen-bond acceptors (Lipinski definition) is 4. The van der Waals surface area contributed by atoms with Crippen molar-refractivity contribution in [3.63, 3.8) is 0 Å². The van der Waals surface area contributed by atoms with Gasteiger partial charge in [-0.3, -0.25) is 9.59 Å². The SMILES string of the molecule is Cl.O=C(Nc1cccc(CNC(=O)C2CC(O)CN2)c1)c1ccc(F)cc1. The summed E-state index contributed by atoms with van der Waals surface area (Å²) in [6, 6.07) is 12.0. The predicted octanol–water partition coefficient (Wildman–Crippen LogP) is 1.84. The second-order valence-electron chi connectivity index (χ2n) is 6.23. The summed E-state index contributed by atoms with van der Waals surface area (Å²) in [7, 11) is 0. The van der Waals surface area contributed by atoms with Crippen LogP contribution in [0.2, 0.25) is 0 Å². The van der Waals surface area contributed by atoms with Gasteiger partial charge in [0.25, 0.3) is 5.91 Å². The predicted molar refractivity (Wildman–Crippen MR) is 102 cm³/mol. The molecule has 2 amide bonds. The minimum Gasteiger partial charge on any atom is -0.392 e. The van der Waals surface area contributed by atoms with E-state index in [4.69, 9.17) is 0 Å². The third-order valence-electron chi connectivity index (χ3n) is 4.18. The molecule has 2 atom stereocenters. The molecule has 0 aliphatic carbocycles. The Balaban J connectivity index is 0.00000261. The molecule has 3 rings (SSSR count). The van der Waals surface area contributed by atoms with Gasteiger partial charge < -0.3 is 21.1 Å². The number of halogens is 2. The van der Waals surface area contributed by atoms with Crippen LogP contribution in [0.1, 0.15) is 22.3 Å². The Morgan fingerprint density at radius 3 is 2.59 bits per heavy atom. The van der Waals surface area contributed by atoms with Crippen molar-refractivity contribution in [2.75, 3.05) is 11.9 Å². The molecule has 1 fully saturated rings. The summed E-state index contributed by atoms with van der Waals surface area (Å²) < 4.78 is 12.9. The van der Waals surface area contributed by atoms with Crippen molar-refractivity contribution >= 4 is 29.9 Å². The zero-order valence-corrected chi connectivity index (χ0v) is 15.3. The van der Waals surface area contributed by atoms with Gasteiger partial charge in [-0.15, -0.1) is 12.4 Å². The van der Waals surface area contributed by atoms with Gasteiger partial charge in [-0.25, -0.2) is 4.39 Å². The second kappa shape index (κ2) is 9.45. The van der Waals surface area contributed by atoms with Crippen LogP contribution in [0.25, 0.3) is 0 Å². The van der Waals surface area contributed by atoms with Crippen molar-refractivity contribution in [3.8, 4) is 0 Å². The van der Waals surface area contributed by atoms with Crippen molar-refractivity contribution in [2.45, 2.75) is 25.1 Å². The Bertz CT molecular complexity index is 801. The van der Waals surface area contributed by atoms with Gasteiger partial charge in [0.1, 0.15) is 5.82 Å². The largest absolute Gasteiger partial charge is 0.392 e. The first-order valence-electron chi connectivity index (χ1n) is 8.36. The van der Waals surface area contributed by atoms with Crippen molar-refractivity contribution in [1.82, 2.24) is 10.6 Å². The van der Waals surface area contributed by atoms with Gasteiger partial charge in [-0.2, -0.15) is 0 Å². The summed E-state index contributed by atoms with van der Waals surface area (Å²) in [6.07, 6.45) is -0.0877. The van der Waals surface area contributed by atoms with Crippen LogP contribution in [-0.2, 0) is 11.3 Å². The first-order chi connectivity index (χ1) is 12.5. The fraction of sp³-hybridized carbons (Fsp3) is 0.263. The van der Waals surface area contributed by atoms with Crippen LogP contribution < -0.4 is 16.0 Å². The van der Waals surface area contributed by atoms with E-state index < -0.39 is 11.9 Å². The van der Waals surface area contributed by atoms with Gasteiger partial charge in [-0.1, -0.05) is 12.1 Å².